The van der Waals surface area contributed by atoms with Crippen molar-refractivity contribution in [3.63, 3.8) is 0 Å². The Labute approximate surface area is 103 Å². The Bertz CT molecular complexity index is 380. The van der Waals surface area contributed by atoms with Gasteiger partial charge in [0.2, 0.25) is 0 Å². The van der Waals surface area contributed by atoms with E-state index in [2.05, 4.69) is 29.3 Å². The third-order valence-corrected chi connectivity index (χ3v) is 3.49. The molecule has 0 aromatic heterocycles. The third kappa shape index (κ3) is 2.34. The van der Waals surface area contributed by atoms with Gasteiger partial charge in [0, 0.05) is 19.8 Å². The number of rotatable bonds is 3. The number of ether oxygens (including phenoxy) is 1. The molecule has 3 heteroatoms. The lowest BCUT2D eigenvalue weighted by atomic mass is 9.73. The predicted octanol–water partition coefficient (Wildman–Crippen LogP) is 2.11. The Balaban J connectivity index is 2.40. The number of amidine groups is 1. The summed E-state index contributed by atoms with van der Waals surface area (Å²) in [6.45, 7) is 4.27. The van der Waals surface area contributed by atoms with Gasteiger partial charge in [0.25, 0.3) is 0 Å². The second kappa shape index (κ2) is 5.32. The molecule has 1 aromatic carbocycles. The normalized spacial score (nSPS) is 20.2. The Morgan fingerprint density at radius 1 is 1.29 bits per heavy atom. The second-order valence-electron chi connectivity index (χ2n) is 4.42. The zero-order valence-electron chi connectivity index (χ0n) is 10.4. The Kier molecular flexibility index (Phi) is 3.79. The minimum Gasteiger partial charge on any atom is -0.387 e. The summed E-state index contributed by atoms with van der Waals surface area (Å²) < 4.78 is 5.46. The van der Waals surface area contributed by atoms with Gasteiger partial charge in [-0.25, -0.2) is 0 Å². The van der Waals surface area contributed by atoms with Crippen molar-refractivity contribution in [2.24, 2.45) is 10.7 Å². The lowest BCUT2D eigenvalue weighted by Gasteiger charge is -2.37. The molecule has 0 atom stereocenters. The molecule has 3 nitrogen and oxygen atoms in total. The van der Waals surface area contributed by atoms with Gasteiger partial charge in [-0.15, -0.1) is 0 Å². The summed E-state index contributed by atoms with van der Waals surface area (Å²) in [5, 5.41) is 0. The standard InChI is InChI=1S/C14H20N2O/c1-2-16-13(15)14(8-10-17-11-9-14)12-6-4-3-5-7-12/h3-7H,2,8-11H2,1H3,(H2,15,16). The van der Waals surface area contributed by atoms with Crippen molar-refractivity contribution in [1.82, 2.24) is 0 Å². The zero-order chi connectivity index (χ0) is 12.1. The number of hydrogen-bond donors (Lipinski definition) is 1. The van der Waals surface area contributed by atoms with E-state index in [-0.39, 0.29) is 5.41 Å². The maximum absolute atomic E-state index is 6.22. The summed E-state index contributed by atoms with van der Waals surface area (Å²) >= 11 is 0. The summed E-state index contributed by atoms with van der Waals surface area (Å²) in [7, 11) is 0. The molecular weight excluding hydrogens is 212 g/mol. The molecule has 1 aromatic rings. The molecule has 1 fully saturated rings. The highest BCUT2D eigenvalue weighted by Gasteiger charge is 2.38. The van der Waals surface area contributed by atoms with Crippen molar-refractivity contribution < 1.29 is 4.74 Å². The van der Waals surface area contributed by atoms with Crippen LogP contribution in [0.1, 0.15) is 25.3 Å². The fourth-order valence-electron chi connectivity index (χ4n) is 2.49. The number of hydrogen-bond acceptors (Lipinski definition) is 2. The molecule has 1 heterocycles. The molecule has 1 saturated heterocycles. The van der Waals surface area contributed by atoms with Crippen molar-refractivity contribution in [2.45, 2.75) is 25.2 Å². The third-order valence-electron chi connectivity index (χ3n) is 3.49. The molecule has 2 N–H and O–H groups in total. The monoisotopic (exact) mass is 232 g/mol. The minimum atomic E-state index is -0.116. The maximum Gasteiger partial charge on any atom is 0.105 e. The van der Waals surface area contributed by atoms with E-state index in [4.69, 9.17) is 10.5 Å². The molecule has 2 rings (SSSR count). The molecule has 1 aliphatic heterocycles. The first-order valence-electron chi connectivity index (χ1n) is 6.23. The summed E-state index contributed by atoms with van der Waals surface area (Å²) in [6, 6.07) is 10.4. The van der Waals surface area contributed by atoms with E-state index >= 15 is 0 Å². The van der Waals surface area contributed by atoms with Crippen molar-refractivity contribution in [3.8, 4) is 0 Å². The van der Waals surface area contributed by atoms with Gasteiger partial charge in [0.05, 0.1) is 5.41 Å². The van der Waals surface area contributed by atoms with Crippen LogP contribution >= 0.6 is 0 Å². The van der Waals surface area contributed by atoms with Crippen LogP contribution in [0.5, 0.6) is 0 Å². The SMILES string of the molecule is CCN=C(N)C1(c2ccccc2)CCOCC1. The largest absolute Gasteiger partial charge is 0.387 e. The molecule has 0 unspecified atom stereocenters. The van der Waals surface area contributed by atoms with Crippen LogP contribution in [0.4, 0.5) is 0 Å². The maximum atomic E-state index is 6.22. The summed E-state index contributed by atoms with van der Waals surface area (Å²) in [5.41, 5.74) is 7.37. The quantitative estimate of drug-likeness (QED) is 0.641. The van der Waals surface area contributed by atoms with Crippen LogP contribution in [-0.2, 0) is 10.2 Å². The van der Waals surface area contributed by atoms with E-state index in [9.17, 15) is 0 Å². The van der Waals surface area contributed by atoms with E-state index in [1.807, 2.05) is 13.0 Å². The van der Waals surface area contributed by atoms with Crippen molar-refractivity contribution >= 4 is 5.84 Å². The molecule has 17 heavy (non-hydrogen) atoms. The van der Waals surface area contributed by atoms with Crippen LogP contribution in [0.15, 0.2) is 35.3 Å². The summed E-state index contributed by atoms with van der Waals surface area (Å²) in [5.74, 6) is 0.759. The van der Waals surface area contributed by atoms with Crippen LogP contribution in [-0.4, -0.2) is 25.6 Å². The Hall–Kier alpha value is -1.35. The number of nitrogens with two attached hydrogens (primary N) is 1. The van der Waals surface area contributed by atoms with Gasteiger partial charge in [-0.3, -0.25) is 4.99 Å². The highest BCUT2D eigenvalue weighted by atomic mass is 16.5. The molecule has 1 aliphatic rings. The first kappa shape index (κ1) is 12.1. The smallest absolute Gasteiger partial charge is 0.105 e. The highest BCUT2D eigenvalue weighted by Crippen LogP contribution is 2.35. The van der Waals surface area contributed by atoms with Crippen LogP contribution < -0.4 is 5.73 Å². The molecule has 92 valence electrons. The molecule has 0 bridgehead atoms. The summed E-state index contributed by atoms with van der Waals surface area (Å²) in [6.07, 6.45) is 1.85. The zero-order valence-corrected chi connectivity index (χ0v) is 10.4. The minimum absolute atomic E-state index is 0.116. The van der Waals surface area contributed by atoms with E-state index < -0.39 is 0 Å². The van der Waals surface area contributed by atoms with Gasteiger partial charge in [-0.1, -0.05) is 30.3 Å². The Morgan fingerprint density at radius 3 is 2.53 bits per heavy atom. The van der Waals surface area contributed by atoms with Crippen LogP contribution in [0.3, 0.4) is 0 Å². The molecule has 0 saturated carbocycles. The van der Waals surface area contributed by atoms with Gasteiger partial charge in [0.1, 0.15) is 5.84 Å². The fourth-order valence-corrected chi connectivity index (χ4v) is 2.49. The van der Waals surface area contributed by atoms with E-state index in [1.54, 1.807) is 0 Å². The number of aliphatic imine (C=N–C) groups is 1. The van der Waals surface area contributed by atoms with Gasteiger partial charge >= 0.3 is 0 Å². The molecule has 0 radical (unpaired) electrons. The topological polar surface area (TPSA) is 47.6 Å². The molecule has 0 spiro atoms. The lowest BCUT2D eigenvalue weighted by molar-refractivity contribution is 0.0704. The predicted molar refractivity (Wildman–Crippen MR) is 70.3 cm³/mol. The van der Waals surface area contributed by atoms with Crippen molar-refractivity contribution in [1.29, 1.82) is 0 Å². The second-order valence-corrected chi connectivity index (χ2v) is 4.42. The van der Waals surface area contributed by atoms with Gasteiger partial charge in [0.15, 0.2) is 0 Å². The van der Waals surface area contributed by atoms with Crippen LogP contribution in [0.2, 0.25) is 0 Å². The van der Waals surface area contributed by atoms with Crippen LogP contribution in [0.25, 0.3) is 0 Å². The first-order chi connectivity index (χ1) is 8.29. The average molecular weight is 232 g/mol. The first-order valence-corrected chi connectivity index (χ1v) is 6.23. The highest BCUT2D eigenvalue weighted by molar-refractivity contribution is 5.91. The number of nitrogens with zero attached hydrogens (tertiary/aromatic N) is 1. The van der Waals surface area contributed by atoms with Gasteiger partial charge in [-0.2, -0.15) is 0 Å². The van der Waals surface area contributed by atoms with E-state index in [1.165, 1.54) is 5.56 Å². The van der Waals surface area contributed by atoms with Crippen molar-refractivity contribution in [2.75, 3.05) is 19.8 Å². The van der Waals surface area contributed by atoms with Crippen molar-refractivity contribution in [3.05, 3.63) is 35.9 Å². The summed E-state index contributed by atoms with van der Waals surface area (Å²) in [4.78, 5) is 4.44. The fraction of sp³-hybridized carbons (Fsp3) is 0.500. The van der Waals surface area contributed by atoms with Gasteiger partial charge < -0.3 is 10.5 Å². The van der Waals surface area contributed by atoms with Gasteiger partial charge in [-0.05, 0) is 25.3 Å². The number of benzene rings is 1. The molecular formula is C14H20N2O. The molecule has 0 aliphatic carbocycles. The van der Waals surface area contributed by atoms with Crippen LogP contribution in [0, 0.1) is 0 Å². The van der Waals surface area contributed by atoms with E-state index in [0.29, 0.717) is 0 Å². The molecule has 0 amide bonds. The Morgan fingerprint density at radius 2 is 1.94 bits per heavy atom. The lowest BCUT2D eigenvalue weighted by Crippen LogP contribution is -2.45. The van der Waals surface area contributed by atoms with E-state index in [0.717, 1.165) is 38.4 Å². The average Bonchev–Trinajstić information content (AvgIpc) is 2.41.